The Morgan fingerprint density at radius 2 is 0.950 bits per heavy atom. The fraction of sp³-hybridized carbons (Fsp3) is 0.229. The van der Waals surface area contributed by atoms with Gasteiger partial charge < -0.3 is 0 Å². The molecule has 80 heavy (non-hydrogen) atoms. The first-order chi connectivity index (χ1) is 38.4. The van der Waals surface area contributed by atoms with Crippen molar-refractivity contribution in [1.82, 2.24) is 29.9 Å². The molecule has 12 rings (SSSR count). The van der Waals surface area contributed by atoms with Crippen molar-refractivity contribution in [2.45, 2.75) is 75.7 Å². The fourth-order valence-corrected chi connectivity index (χ4v) is 10.5. The molecule has 0 saturated heterocycles. The Bertz CT molecular complexity index is 4100. The van der Waals surface area contributed by atoms with Crippen LogP contribution in [0.2, 0.25) is 0 Å². The Balaban J connectivity index is 0.000000129. The molecule has 0 N–H and O–H groups in total. The van der Waals surface area contributed by atoms with Crippen LogP contribution in [0.5, 0.6) is 0 Å². The van der Waals surface area contributed by atoms with E-state index < -0.39 is 0 Å². The van der Waals surface area contributed by atoms with Gasteiger partial charge in [-0.2, -0.15) is 0 Å². The Hall–Kier alpha value is -9.02. The van der Waals surface area contributed by atoms with Gasteiger partial charge in [-0.3, -0.25) is 4.98 Å². The normalized spacial score (nSPS) is 11.0. The third kappa shape index (κ3) is 12.3. The van der Waals surface area contributed by atoms with Gasteiger partial charge in [0.25, 0.3) is 12.7 Å². The van der Waals surface area contributed by atoms with Crippen molar-refractivity contribution in [2.24, 2.45) is 34.1 Å². The zero-order valence-electron chi connectivity index (χ0n) is 49.0. The number of rotatable bonds is 6. The maximum atomic E-state index is 4.94. The Labute approximate surface area is 471 Å². The van der Waals surface area contributed by atoms with Crippen molar-refractivity contribution >= 4 is 43.7 Å². The maximum absolute atomic E-state index is 4.94. The second-order valence-electron chi connectivity index (χ2n) is 21.7. The van der Waals surface area contributed by atoms with E-state index >= 15 is 0 Å². The Kier molecular flexibility index (Phi) is 16.9. The van der Waals surface area contributed by atoms with E-state index in [9.17, 15) is 0 Å². The van der Waals surface area contributed by atoms with Crippen LogP contribution in [0.15, 0.2) is 177 Å². The van der Waals surface area contributed by atoms with E-state index in [1.54, 1.807) is 6.20 Å². The van der Waals surface area contributed by atoms with Crippen LogP contribution in [0.1, 0.15) is 63.9 Å². The zero-order valence-corrected chi connectivity index (χ0v) is 49.0. The Morgan fingerprint density at radius 1 is 0.425 bits per heavy atom. The van der Waals surface area contributed by atoms with Gasteiger partial charge in [-0.05, 0) is 187 Å². The summed E-state index contributed by atoms with van der Waals surface area (Å²) in [5, 5.41) is 3.44. The second-order valence-corrected chi connectivity index (χ2v) is 21.7. The molecule has 6 aromatic carbocycles. The lowest BCUT2D eigenvalue weighted by atomic mass is 9.96. The first kappa shape index (κ1) is 55.7. The molecule has 0 saturated carbocycles. The van der Waals surface area contributed by atoms with Crippen LogP contribution in [0.3, 0.4) is 0 Å². The van der Waals surface area contributed by atoms with Crippen LogP contribution in [-0.2, 0) is 34.6 Å². The van der Waals surface area contributed by atoms with Crippen LogP contribution < -0.4 is 18.3 Å². The van der Waals surface area contributed by atoms with Gasteiger partial charge in [-0.25, -0.2) is 23.3 Å². The van der Waals surface area contributed by atoms with E-state index in [1.807, 2.05) is 76.5 Å². The third-order valence-corrected chi connectivity index (χ3v) is 14.9. The van der Waals surface area contributed by atoms with Gasteiger partial charge in [0.05, 0.1) is 55.5 Å². The van der Waals surface area contributed by atoms with Gasteiger partial charge in [-0.15, -0.1) is 0 Å². The number of nitrogens with zero attached hydrogens (tertiary/aromatic N) is 10. The van der Waals surface area contributed by atoms with Gasteiger partial charge in [0.1, 0.15) is 18.1 Å². The van der Waals surface area contributed by atoms with E-state index in [4.69, 9.17) is 9.97 Å². The largest absolute Gasteiger partial charge is 0.331 e. The highest BCUT2D eigenvalue weighted by Crippen LogP contribution is 2.31. The zero-order chi connectivity index (χ0) is 56.8. The number of aryl methyl sites for hydroxylation is 10. The summed E-state index contributed by atoms with van der Waals surface area (Å²) in [6.07, 6.45) is 14.6. The van der Waals surface area contributed by atoms with Crippen molar-refractivity contribution in [3.05, 3.63) is 227 Å². The minimum absolute atomic E-state index is 0.660. The van der Waals surface area contributed by atoms with Gasteiger partial charge in [0.2, 0.25) is 5.52 Å². The van der Waals surface area contributed by atoms with Crippen LogP contribution in [0.4, 0.5) is 0 Å². The highest BCUT2D eigenvalue weighted by atomic mass is 15.0. The molecule has 0 fully saturated rings. The summed E-state index contributed by atoms with van der Waals surface area (Å²) in [5.74, 6) is 2.69. The number of pyridine rings is 2. The topological polar surface area (TPSA) is 92.9 Å². The van der Waals surface area contributed by atoms with E-state index in [1.165, 1.54) is 83.4 Å². The summed E-state index contributed by atoms with van der Waals surface area (Å²) in [5.41, 5.74) is 23.8. The van der Waals surface area contributed by atoms with Crippen molar-refractivity contribution < 1.29 is 18.3 Å². The fourth-order valence-electron chi connectivity index (χ4n) is 10.5. The molecule has 6 aromatic heterocycles. The molecule has 0 radical (unpaired) electrons. The first-order valence-corrected chi connectivity index (χ1v) is 27.5. The lowest BCUT2D eigenvalue weighted by Gasteiger charge is -2.11. The average molecular weight is 1060 g/mol. The summed E-state index contributed by atoms with van der Waals surface area (Å²) in [4.78, 5) is 27.4. The molecule has 0 amide bonds. The smallest absolute Gasteiger partial charge is 0.264 e. The first-order valence-electron chi connectivity index (χ1n) is 27.5. The van der Waals surface area contributed by atoms with Crippen molar-refractivity contribution in [3.63, 3.8) is 0 Å². The summed E-state index contributed by atoms with van der Waals surface area (Å²) in [6.45, 7) is 21.7. The second kappa shape index (κ2) is 24.3. The minimum Gasteiger partial charge on any atom is -0.264 e. The molecule has 10 heteroatoms. The lowest BCUT2D eigenvalue weighted by molar-refractivity contribution is -0.662. The summed E-state index contributed by atoms with van der Waals surface area (Å²) in [7, 11) is 8.16. The number of fused-ring (bicyclic) bond motifs is 4. The van der Waals surface area contributed by atoms with Crippen molar-refractivity contribution in [3.8, 4) is 45.3 Å². The lowest BCUT2D eigenvalue weighted by Crippen LogP contribution is -2.32. The van der Waals surface area contributed by atoms with Crippen LogP contribution in [-0.4, -0.2) is 29.9 Å². The molecular weight excluding hydrogens is 981 g/mol. The van der Waals surface area contributed by atoms with E-state index in [0.29, 0.717) is 5.92 Å². The molecule has 0 spiro atoms. The molecule has 10 nitrogen and oxygen atoms in total. The highest BCUT2D eigenvalue weighted by molar-refractivity contribution is 5.91. The van der Waals surface area contributed by atoms with Crippen molar-refractivity contribution in [1.29, 1.82) is 0 Å². The summed E-state index contributed by atoms with van der Waals surface area (Å²) >= 11 is 0. The quantitative estimate of drug-likeness (QED) is 0.154. The number of benzene rings is 6. The van der Waals surface area contributed by atoms with Gasteiger partial charge in [0.15, 0.2) is 27.8 Å². The minimum atomic E-state index is 0.660. The molecule has 0 aliphatic heterocycles. The predicted molar refractivity (Wildman–Crippen MR) is 325 cm³/mol. The number of para-hydroxylation sites is 1. The summed E-state index contributed by atoms with van der Waals surface area (Å²) in [6, 6.07) is 46.4. The van der Waals surface area contributed by atoms with E-state index in [-0.39, 0.29) is 0 Å². The summed E-state index contributed by atoms with van der Waals surface area (Å²) < 4.78 is 8.33. The number of hydrogen-bond donors (Lipinski definition) is 0. The van der Waals surface area contributed by atoms with Gasteiger partial charge in [-0.1, -0.05) is 91.7 Å². The molecule has 400 valence electrons. The average Bonchev–Trinajstić information content (AvgIpc) is 3.44. The Morgan fingerprint density at radius 3 is 1.56 bits per heavy atom. The predicted octanol–water partition coefficient (Wildman–Crippen LogP) is 13.4. The molecule has 0 bridgehead atoms. The molecule has 0 unspecified atom stereocenters. The standard InChI is InChI=1S/C20H23N2.2C17H18N3.C16H15N2/c1-14(2)11-16-9-10-17-13-22(4)20(21-19(17)12-16)18-8-6-5-7-15(18)3;1-11-7-12(2)13(3)14(8-11)17-15-9-18-6-5-16(15)19-10-20(17)4;1-11-8-12(2)13(3)14(9-11)17-16-15(6-5-7-18-16)19-10-20(17)4;1-12-7-3-5-9-14(12)16-17-15-10-6-4-8-13(15)11-18(16)2/h5-10,12-14H,11H2,1-4H3;2*5-10H,1-4H3;3-11H,1-2H3/q4*+1. The highest BCUT2D eigenvalue weighted by Gasteiger charge is 2.22. The van der Waals surface area contributed by atoms with Crippen LogP contribution in [0.25, 0.3) is 89.0 Å². The van der Waals surface area contributed by atoms with E-state index in [0.717, 1.165) is 62.1 Å². The molecular formula is C70H74N10+4. The molecule has 6 heterocycles. The maximum Gasteiger partial charge on any atom is 0.331 e. The van der Waals surface area contributed by atoms with Crippen LogP contribution >= 0.6 is 0 Å². The molecule has 0 atom stereocenters. The number of aromatic nitrogens is 10. The van der Waals surface area contributed by atoms with Gasteiger partial charge in [0, 0.05) is 35.8 Å². The molecule has 0 aliphatic rings. The van der Waals surface area contributed by atoms with Gasteiger partial charge >= 0.3 is 11.6 Å². The third-order valence-electron chi connectivity index (χ3n) is 14.9. The number of hydrogen-bond acceptors (Lipinski definition) is 6. The SMILES string of the molecule is Cc1cc(C)c(C)c(-c2c3cnccc3nc[n+]2C)c1.Cc1cc(C)c(C)c(-c2c3ncccc3nc[n+]2C)c1.Cc1ccccc1-c1nc2cc(CC(C)C)ccc2c[n+]1C.Cc1ccccc1-c1nc2ccccc2c[n+]1C. The monoisotopic (exact) mass is 1050 g/mol. The molecule has 0 aliphatic carbocycles. The van der Waals surface area contributed by atoms with Crippen LogP contribution in [0, 0.1) is 61.3 Å². The molecule has 12 aromatic rings. The van der Waals surface area contributed by atoms with E-state index in [2.05, 4.69) is 230 Å². The van der Waals surface area contributed by atoms with Crippen molar-refractivity contribution in [2.75, 3.05) is 0 Å².